The molecule has 0 saturated carbocycles. The number of carbonyl (C=O) groups excluding carboxylic acids is 1. The Hall–Kier alpha value is -1.75. The Morgan fingerprint density at radius 2 is 1.59 bits per heavy atom. The smallest absolute Gasteiger partial charge is 0.191 e. The van der Waals surface area contributed by atoms with Gasteiger partial charge in [-0.2, -0.15) is 0 Å². The van der Waals surface area contributed by atoms with Crippen molar-refractivity contribution in [2.75, 3.05) is 0 Å². The van der Waals surface area contributed by atoms with Gasteiger partial charge in [-0.1, -0.05) is 52.3 Å². The van der Waals surface area contributed by atoms with Gasteiger partial charge >= 0.3 is 0 Å². The molecule has 0 saturated heterocycles. The van der Waals surface area contributed by atoms with Crippen molar-refractivity contribution in [1.29, 1.82) is 0 Å². The zero-order chi connectivity index (χ0) is 15.7. The topological polar surface area (TPSA) is 46.5 Å². The predicted octanol–water partition coefficient (Wildman–Crippen LogP) is 3.81. The van der Waals surface area contributed by atoms with Gasteiger partial charge in [0.1, 0.15) is 0 Å². The van der Waals surface area contributed by atoms with E-state index in [9.17, 15) is 9.90 Å². The molecule has 1 N–H and O–H groups in total. The van der Waals surface area contributed by atoms with Crippen LogP contribution in [0.25, 0.3) is 11.1 Å². The largest absolute Gasteiger partial charge is 0.365 e. The van der Waals surface area contributed by atoms with E-state index in [1.807, 2.05) is 48.5 Å². The fraction of sp³-hybridized carbons (Fsp3) is 0.167. The van der Waals surface area contributed by atoms with Gasteiger partial charge in [-0.25, -0.2) is 0 Å². The minimum atomic E-state index is -1.15. The molecule has 0 aliphatic carbocycles. The molecular weight excluding hydrogens is 344 g/mol. The Labute approximate surface area is 137 Å². The van der Waals surface area contributed by atoms with E-state index in [2.05, 4.69) is 15.9 Å². The van der Waals surface area contributed by atoms with Crippen LogP contribution in [0.1, 0.15) is 12.5 Å². The molecule has 2 aromatic rings. The Kier molecular flexibility index (Phi) is 4.00. The highest BCUT2D eigenvalue weighted by atomic mass is 79.9. The van der Waals surface area contributed by atoms with Gasteiger partial charge in [-0.05, 0) is 47.9 Å². The first kappa shape index (κ1) is 15.2. The maximum absolute atomic E-state index is 12.1. The van der Waals surface area contributed by atoms with Crippen LogP contribution < -0.4 is 0 Å². The van der Waals surface area contributed by atoms with E-state index in [1.54, 1.807) is 6.92 Å². The average Bonchev–Trinajstić information content (AvgIpc) is 2.52. The van der Waals surface area contributed by atoms with Crippen molar-refractivity contribution in [2.24, 2.45) is 0 Å². The maximum atomic E-state index is 12.1. The predicted molar refractivity (Wildman–Crippen MR) is 88.2 cm³/mol. The number of ether oxygens (including phenoxy) is 1. The second-order valence-corrected chi connectivity index (χ2v) is 6.26. The highest BCUT2D eigenvalue weighted by Gasteiger charge is 2.38. The van der Waals surface area contributed by atoms with Crippen molar-refractivity contribution in [2.45, 2.75) is 18.8 Å². The van der Waals surface area contributed by atoms with Crippen LogP contribution in [0.15, 0.2) is 65.2 Å². The summed E-state index contributed by atoms with van der Waals surface area (Å²) in [5, 5.41) is 9.62. The summed E-state index contributed by atoms with van der Waals surface area (Å²) < 4.78 is 6.48. The van der Waals surface area contributed by atoms with Crippen LogP contribution in [0.4, 0.5) is 0 Å². The monoisotopic (exact) mass is 358 g/mol. The van der Waals surface area contributed by atoms with Crippen molar-refractivity contribution in [3.63, 3.8) is 0 Å². The second kappa shape index (κ2) is 5.80. The molecule has 0 aromatic heterocycles. The van der Waals surface area contributed by atoms with Gasteiger partial charge in [0.05, 0.1) is 0 Å². The minimum Gasteiger partial charge on any atom is -0.365 e. The van der Waals surface area contributed by atoms with Crippen molar-refractivity contribution in [3.8, 4) is 11.1 Å². The summed E-state index contributed by atoms with van der Waals surface area (Å²) in [5.74, 6) is -0.172. The number of aliphatic hydroxyl groups excluding tert-OH is 1. The second-order valence-electron chi connectivity index (χ2n) is 5.35. The Morgan fingerprint density at radius 3 is 2.18 bits per heavy atom. The Morgan fingerprint density at radius 1 is 1.05 bits per heavy atom. The molecule has 0 amide bonds. The van der Waals surface area contributed by atoms with Crippen molar-refractivity contribution in [3.05, 3.63) is 70.7 Å². The molecule has 3 nitrogen and oxygen atoms in total. The van der Waals surface area contributed by atoms with E-state index >= 15 is 0 Å². The normalized spacial score (nSPS) is 24.5. The van der Waals surface area contributed by atoms with Crippen LogP contribution in [0.2, 0.25) is 0 Å². The highest BCUT2D eigenvalue weighted by Crippen LogP contribution is 2.32. The first-order valence-electron chi connectivity index (χ1n) is 6.94. The van der Waals surface area contributed by atoms with Crippen molar-refractivity contribution >= 4 is 21.7 Å². The number of carbonyl (C=O) groups is 1. The molecule has 3 rings (SSSR count). The van der Waals surface area contributed by atoms with Crippen LogP contribution in [-0.4, -0.2) is 17.2 Å². The van der Waals surface area contributed by atoms with Gasteiger partial charge in [-0.15, -0.1) is 0 Å². The molecular formula is C18H15BrO3. The highest BCUT2D eigenvalue weighted by molar-refractivity contribution is 9.10. The molecule has 2 aromatic carbocycles. The molecule has 1 aliphatic heterocycles. The molecule has 0 unspecified atom stereocenters. The lowest BCUT2D eigenvalue weighted by Crippen LogP contribution is -2.40. The summed E-state index contributed by atoms with van der Waals surface area (Å²) in [7, 11) is 0. The van der Waals surface area contributed by atoms with E-state index in [1.165, 1.54) is 12.2 Å². The Balaban J connectivity index is 1.93. The standard InChI is InChI=1S/C18H15BrO3/c1-18(16(20)10-11-17(21)22-18)14-6-2-12(3-7-14)13-4-8-15(19)9-5-13/h2-11,17,21H,1H3/t17-,18-/m1/s1. The van der Waals surface area contributed by atoms with Crippen LogP contribution in [0.5, 0.6) is 0 Å². The Bertz CT molecular complexity index is 719. The molecule has 1 aliphatic rings. The summed E-state index contributed by atoms with van der Waals surface area (Å²) in [6, 6.07) is 15.6. The number of ketones is 1. The van der Waals surface area contributed by atoms with Gasteiger partial charge in [-0.3, -0.25) is 4.79 Å². The first-order valence-corrected chi connectivity index (χ1v) is 7.73. The van der Waals surface area contributed by atoms with Gasteiger partial charge in [0, 0.05) is 4.47 Å². The molecule has 22 heavy (non-hydrogen) atoms. The lowest BCUT2D eigenvalue weighted by atomic mass is 9.88. The lowest BCUT2D eigenvalue weighted by Gasteiger charge is -2.32. The summed E-state index contributed by atoms with van der Waals surface area (Å²) in [4.78, 5) is 12.1. The average molecular weight is 359 g/mol. The quantitative estimate of drug-likeness (QED) is 0.887. The summed E-state index contributed by atoms with van der Waals surface area (Å²) in [5.41, 5.74) is 1.73. The first-order chi connectivity index (χ1) is 10.5. The SMILES string of the molecule is C[C@]1(c2ccc(-c3ccc(Br)cc3)cc2)O[C@@H](O)C=CC1=O. The number of hydrogen-bond donors (Lipinski definition) is 1. The summed E-state index contributed by atoms with van der Waals surface area (Å²) in [6.45, 7) is 1.68. The molecule has 0 radical (unpaired) electrons. The van der Waals surface area contributed by atoms with E-state index < -0.39 is 11.9 Å². The number of hydrogen-bond acceptors (Lipinski definition) is 3. The summed E-state index contributed by atoms with van der Waals surface area (Å²) >= 11 is 3.42. The van der Waals surface area contributed by atoms with E-state index in [0.717, 1.165) is 21.2 Å². The number of aliphatic hydroxyl groups is 1. The van der Waals surface area contributed by atoms with Crippen molar-refractivity contribution in [1.82, 2.24) is 0 Å². The molecule has 4 heteroatoms. The zero-order valence-corrected chi connectivity index (χ0v) is 13.6. The fourth-order valence-electron chi connectivity index (χ4n) is 2.50. The molecule has 0 bridgehead atoms. The van der Waals surface area contributed by atoms with Crippen LogP contribution in [0.3, 0.4) is 0 Å². The van der Waals surface area contributed by atoms with Crippen LogP contribution >= 0.6 is 15.9 Å². The molecule has 1 heterocycles. The molecule has 0 fully saturated rings. The fourth-order valence-corrected chi connectivity index (χ4v) is 2.77. The van der Waals surface area contributed by atoms with Gasteiger partial charge in [0.2, 0.25) is 0 Å². The third kappa shape index (κ3) is 2.77. The van der Waals surface area contributed by atoms with Crippen molar-refractivity contribution < 1.29 is 14.6 Å². The van der Waals surface area contributed by atoms with Crippen LogP contribution in [-0.2, 0) is 15.1 Å². The molecule has 2 atom stereocenters. The lowest BCUT2D eigenvalue weighted by molar-refractivity contribution is -0.177. The molecule has 112 valence electrons. The van der Waals surface area contributed by atoms with E-state index in [-0.39, 0.29) is 5.78 Å². The van der Waals surface area contributed by atoms with E-state index in [4.69, 9.17) is 4.74 Å². The zero-order valence-electron chi connectivity index (χ0n) is 12.0. The minimum absolute atomic E-state index is 0.172. The van der Waals surface area contributed by atoms with Gasteiger partial charge in [0.15, 0.2) is 17.7 Å². The maximum Gasteiger partial charge on any atom is 0.191 e. The van der Waals surface area contributed by atoms with E-state index in [0.29, 0.717) is 0 Å². The number of benzene rings is 2. The van der Waals surface area contributed by atoms with Crippen LogP contribution in [0, 0.1) is 0 Å². The summed E-state index contributed by atoms with van der Waals surface area (Å²) in [6.07, 6.45) is 1.66. The number of halogens is 1. The number of rotatable bonds is 2. The van der Waals surface area contributed by atoms with Gasteiger partial charge in [0.25, 0.3) is 0 Å². The van der Waals surface area contributed by atoms with Gasteiger partial charge < -0.3 is 9.84 Å². The third-order valence-electron chi connectivity index (χ3n) is 3.85. The third-order valence-corrected chi connectivity index (χ3v) is 4.38. The molecule has 0 spiro atoms.